The molecule has 2 N–H and O–H groups in total. The first-order valence-corrected chi connectivity index (χ1v) is 9.03. The Bertz CT molecular complexity index is 501. The van der Waals surface area contributed by atoms with Gasteiger partial charge in [0.2, 0.25) is 0 Å². The van der Waals surface area contributed by atoms with Gasteiger partial charge in [0.1, 0.15) is 5.60 Å². The monoisotopic (exact) mass is 317 g/mol. The maximum Gasteiger partial charge on any atom is 0.338 e. The number of benzene rings is 1. The van der Waals surface area contributed by atoms with E-state index in [0.717, 1.165) is 31.2 Å². The fourth-order valence-electron chi connectivity index (χ4n) is 3.52. The van der Waals surface area contributed by atoms with Gasteiger partial charge in [0.15, 0.2) is 0 Å². The van der Waals surface area contributed by atoms with Crippen LogP contribution >= 0.6 is 0 Å². The van der Waals surface area contributed by atoms with E-state index in [2.05, 4.69) is 6.92 Å². The van der Waals surface area contributed by atoms with Crippen LogP contribution in [0.3, 0.4) is 0 Å². The molecule has 23 heavy (non-hydrogen) atoms. The topological polar surface area (TPSA) is 52.3 Å². The summed E-state index contributed by atoms with van der Waals surface area (Å²) in [4.78, 5) is 12.5. The number of carbonyl (C=O) groups is 1. The van der Waals surface area contributed by atoms with Crippen molar-refractivity contribution >= 4 is 5.97 Å². The summed E-state index contributed by atoms with van der Waals surface area (Å²) >= 11 is 0. The summed E-state index contributed by atoms with van der Waals surface area (Å²) in [6.07, 6.45) is 8.13. The van der Waals surface area contributed by atoms with Crippen molar-refractivity contribution in [2.24, 2.45) is 11.7 Å². The molecular formula is C20H31NO2. The third kappa shape index (κ3) is 4.81. The Balaban J connectivity index is 1.99. The molecule has 2 rings (SSSR count). The minimum Gasteiger partial charge on any atom is -0.456 e. The summed E-state index contributed by atoms with van der Waals surface area (Å²) in [6, 6.07) is 7.62. The highest BCUT2D eigenvalue weighted by Crippen LogP contribution is 2.35. The molecule has 3 heteroatoms. The minimum atomic E-state index is -0.394. The lowest BCUT2D eigenvalue weighted by Gasteiger charge is -2.36. The molecule has 1 aliphatic rings. The van der Waals surface area contributed by atoms with Crippen LogP contribution in [0, 0.1) is 5.92 Å². The molecule has 128 valence electrons. The number of hydrogen-bond donors (Lipinski definition) is 1. The third-order valence-corrected chi connectivity index (χ3v) is 5.12. The van der Waals surface area contributed by atoms with Gasteiger partial charge in [-0.2, -0.15) is 0 Å². The number of rotatable bonds is 6. The predicted molar refractivity (Wildman–Crippen MR) is 94.3 cm³/mol. The van der Waals surface area contributed by atoms with Crippen LogP contribution in [0.1, 0.15) is 87.7 Å². The summed E-state index contributed by atoms with van der Waals surface area (Å²) in [6.45, 7) is 6.22. The summed E-state index contributed by atoms with van der Waals surface area (Å²) in [5.41, 5.74) is 7.41. The number of hydrogen-bond acceptors (Lipinski definition) is 3. The maximum absolute atomic E-state index is 12.5. The quantitative estimate of drug-likeness (QED) is 0.751. The highest BCUT2D eigenvalue weighted by molar-refractivity contribution is 5.89. The van der Waals surface area contributed by atoms with Gasteiger partial charge >= 0.3 is 5.97 Å². The van der Waals surface area contributed by atoms with Crippen molar-refractivity contribution in [2.75, 3.05) is 0 Å². The average Bonchev–Trinajstić information content (AvgIpc) is 2.55. The predicted octanol–water partition coefficient (Wildman–Crippen LogP) is 5.00. The molecule has 0 aliphatic heterocycles. The van der Waals surface area contributed by atoms with Gasteiger partial charge in [0, 0.05) is 6.04 Å². The molecule has 1 unspecified atom stereocenters. The molecular weight excluding hydrogens is 286 g/mol. The fourth-order valence-corrected chi connectivity index (χ4v) is 3.52. The summed E-state index contributed by atoms with van der Waals surface area (Å²) in [7, 11) is 0. The van der Waals surface area contributed by atoms with E-state index in [1.807, 2.05) is 38.1 Å². The van der Waals surface area contributed by atoms with Crippen LogP contribution in [0.5, 0.6) is 0 Å². The normalized spacial score (nSPS) is 17.7. The van der Waals surface area contributed by atoms with Gasteiger partial charge in [-0.15, -0.1) is 0 Å². The van der Waals surface area contributed by atoms with Crippen molar-refractivity contribution in [3.8, 4) is 0 Å². The van der Waals surface area contributed by atoms with E-state index in [0.29, 0.717) is 11.5 Å². The SMILES string of the molecule is CCCC(N)c1ccc(C(=O)OC(C)(C)C2CCCCC2)cc1. The van der Waals surface area contributed by atoms with Gasteiger partial charge in [0.05, 0.1) is 5.56 Å². The second kappa shape index (κ2) is 7.96. The summed E-state index contributed by atoms with van der Waals surface area (Å²) < 4.78 is 5.84. The van der Waals surface area contributed by atoms with E-state index < -0.39 is 5.60 Å². The molecule has 1 fully saturated rings. The number of ether oxygens (including phenoxy) is 1. The van der Waals surface area contributed by atoms with Crippen molar-refractivity contribution in [1.82, 2.24) is 0 Å². The van der Waals surface area contributed by atoms with Crippen molar-refractivity contribution in [2.45, 2.75) is 77.4 Å². The van der Waals surface area contributed by atoms with Crippen molar-refractivity contribution in [3.63, 3.8) is 0 Å². The molecule has 1 aromatic rings. The smallest absolute Gasteiger partial charge is 0.338 e. The molecule has 0 amide bonds. The van der Waals surface area contributed by atoms with Crippen LogP contribution in [0.4, 0.5) is 0 Å². The summed E-state index contributed by atoms with van der Waals surface area (Å²) in [5, 5.41) is 0. The Morgan fingerprint density at radius 2 is 1.83 bits per heavy atom. The lowest BCUT2D eigenvalue weighted by molar-refractivity contribution is -0.0384. The van der Waals surface area contributed by atoms with Crippen molar-refractivity contribution < 1.29 is 9.53 Å². The van der Waals surface area contributed by atoms with Gasteiger partial charge in [-0.25, -0.2) is 4.79 Å². The molecule has 1 aromatic carbocycles. The maximum atomic E-state index is 12.5. The Kier molecular flexibility index (Phi) is 6.23. The molecule has 0 aromatic heterocycles. The number of esters is 1. The molecule has 0 heterocycles. The zero-order valence-corrected chi connectivity index (χ0v) is 14.8. The standard InChI is InChI=1S/C20H31NO2/c1-4-8-18(21)15-11-13-16(14-12-15)19(22)23-20(2,3)17-9-6-5-7-10-17/h11-14,17-18H,4-10,21H2,1-3H3. The minimum absolute atomic E-state index is 0.0451. The molecule has 0 spiro atoms. The zero-order valence-electron chi connectivity index (χ0n) is 14.8. The van der Waals surface area contributed by atoms with E-state index in [-0.39, 0.29) is 12.0 Å². The number of carbonyl (C=O) groups excluding carboxylic acids is 1. The first kappa shape index (κ1) is 18.0. The molecule has 1 saturated carbocycles. The van der Waals surface area contributed by atoms with Crippen LogP contribution in [-0.4, -0.2) is 11.6 Å². The lowest BCUT2D eigenvalue weighted by Crippen LogP contribution is -2.37. The van der Waals surface area contributed by atoms with Gasteiger partial charge < -0.3 is 10.5 Å². The molecule has 3 nitrogen and oxygen atoms in total. The van der Waals surface area contributed by atoms with Gasteiger partial charge in [-0.05, 0) is 56.7 Å². The van der Waals surface area contributed by atoms with E-state index >= 15 is 0 Å². The molecule has 1 aliphatic carbocycles. The van der Waals surface area contributed by atoms with Crippen LogP contribution < -0.4 is 5.73 Å². The lowest BCUT2D eigenvalue weighted by atomic mass is 9.79. The molecule has 0 radical (unpaired) electrons. The van der Waals surface area contributed by atoms with Crippen LogP contribution in [0.15, 0.2) is 24.3 Å². The molecule has 0 saturated heterocycles. The average molecular weight is 317 g/mol. The second-order valence-electron chi connectivity index (χ2n) is 7.35. The van der Waals surface area contributed by atoms with E-state index in [1.54, 1.807) is 0 Å². The first-order chi connectivity index (χ1) is 10.9. The molecule has 0 bridgehead atoms. The third-order valence-electron chi connectivity index (χ3n) is 5.12. The van der Waals surface area contributed by atoms with Crippen LogP contribution in [-0.2, 0) is 4.74 Å². The Morgan fingerprint density at radius 3 is 2.39 bits per heavy atom. The molecule has 1 atom stereocenters. The highest BCUT2D eigenvalue weighted by atomic mass is 16.6. The van der Waals surface area contributed by atoms with E-state index in [4.69, 9.17) is 10.5 Å². The summed E-state index contributed by atoms with van der Waals surface area (Å²) in [5.74, 6) is 0.244. The van der Waals surface area contributed by atoms with Crippen molar-refractivity contribution in [1.29, 1.82) is 0 Å². The second-order valence-corrected chi connectivity index (χ2v) is 7.35. The fraction of sp³-hybridized carbons (Fsp3) is 0.650. The first-order valence-electron chi connectivity index (χ1n) is 9.03. The van der Waals surface area contributed by atoms with Gasteiger partial charge in [-0.1, -0.05) is 44.7 Å². The highest BCUT2D eigenvalue weighted by Gasteiger charge is 2.34. The van der Waals surface area contributed by atoms with Gasteiger partial charge in [-0.3, -0.25) is 0 Å². The largest absolute Gasteiger partial charge is 0.456 e. The van der Waals surface area contributed by atoms with E-state index in [9.17, 15) is 4.79 Å². The van der Waals surface area contributed by atoms with E-state index in [1.165, 1.54) is 19.3 Å². The Labute approximate surface area is 140 Å². The Hall–Kier alpha value is -1.35. The van der Waals surface area contributed by atoms with Gasteiger partial charge in [0.25, 0.3) is 0 Å². The number of nitrogens with two attached hydrogens (primary N) is 1. The Morgan fingerprint density at radius 1 is 1.22 bits per heavy atom. The van der Waals surface area contributed by atoms with Crippen LogP contribution in [0.25, 0.3) is 0 Å². The van der Waals surface area contributed by atoms with Crippen LogP contribution in [0.2, 0.25) is 0 Å². The van der Waals surface area contributed by atoms with Crippen molar-refractivity contribution in [3.05, 3.63) is 35.4 Å². The zero-order chi connectivity index (χ0) is 16.9.